The van der Waals surface area contributed by atoms with Gasteiger partial charge in [-0.25, -0.2) is 13.6 Å². The van der Waals surface area contributed by atoms with Crippen molar-refractivity contribution in [2.45, 2.75) is 0 Å². The summed E-state index contributed by atoms with van der Waals surface area (Å²) in [6.45, 7) is -0.920. The number of hydrogen-bond donors (Lipinski definition) is 0. The van der Waals surface area contributed by atoms with Crippen LogP contribution in [0.2, 0.25) is 0 Å². The topological polar surface area (TPSA) is 52.6 Å². The molecule has 0 amide bonds. The maximum atomic E-state index is 12.9. The van der Waals surface area contributed by atoms with Crippen molar-refractivity contribution in [1.29, 1.82) is 0 Å². The molecule has 114 valence electrons. The summed E-state index contributed by atoms with van der Waals surface area (Å²) in [7, 11) is 0. The second-order valence-electron chi connectivity index (χ2n) is 4.34. The molecule has 0 saturated carbocycles. The first-order valence-electron chi connectivity index (χ1n) is 6.37. The minimum Gasteiger partial charge on any atom is -0.482 e. The standard InChI is InChI=1S/C16H12F2O4/c17-12-6-4-11(5-7-12)15(19)9-22-16(20)10-21-14-3-1-2-13(18)8-14/h1-8H,9-10H2. The quantitative estimate of drug-likeness (QED) is 0.608. The summed E-state index contributed by atoms with van der Waals surface area (Å²) in [4.78, 5) is 23.1. The van der Waals surface area contributed by atoms with Crippen molar-refractivity contribution in [3.8, 4) is 5.75 Å². The Morgan fingerprint density at radius 3 is 2.32 bits per heavy atom. The van der Waals surface area contributed by atoms with Crippen molar-refractivity contribution in [2.75, 3.05) is 13.2 Å². The third kappa shape index (κ3) is 4.66. The predicted molar refractivity (Wildman–Crippen MR) is 73.6 cm³/mol. The van der Waals surface area contributed by atoms with Crippen LogP contribution in [-0.2, 0) is 9.53 Å². The largest absolute Gasteiger partial charge is 0.482 e. The Kier molecular flexibility index (Phi) is 5.19. The number of esters is 1. The molecule has 0 fully saturated rings. The van der Waals surface area contributed by atoms with Crippen LogP contribution < -0.4 is 4.74 Å². The van der Waals surface area contributed by atoms with Crippen LogP contribution in [0, 0.1) is 11.6 Å². The maximum Gasteiger partial charge on any atom is 0.344 e. The van der Waals surface area contributed by atoms with Crippen LogP contribution in [0.5, 0.6) is 5.75 Å². The molecule has 0 unspecified atom stereocenters. The van der Waals surface area contributed by atoms with E-state index in [-0.39, 0.29) is 11.3 Å². The number of ketones is 1. The van der Waals surface area contributed by atoms with Gasteiger partial charge in [0.1, 0.15) is 17.4 Å². The van der Waals surface area contributed by atoms with Crippen molar-refractivity contribution in [2.24, 2.45) is 0 Å². The number of carbonyl (C=O) groups is 2. The van der Waals surface area contributed by atoms with E-state index in [4.69, 9.17) is 9.47 Å². The minimum absolute atomic E-state index is 0.182. The first kappa shape index (κ1) is 15.6. The van der Waals surface area contributed by atoms with Crippen molar-refractivity contribution in [1.82, 2.24) is 0 Å². The molecule has 0 aliphatic heterocycles. The Morgan fingerprint density at radius 1 is 0.909 bits per heavy atom. The van der Waals surface area contributed by atoms with Gasteiger partial charge in [0.25, 0.3) is 0 Å². The Hall–Kier alpha value is -2.76. The number of rotatable bonds is 6. The lowest BCUT2D eigenvalue weighted by Gasteiger charge is -2.06. The number of hydrogen-bond acceptors (Lipinski definition) is 4. The highest BCUT2D eigenvalue weighted by Crippen LogP contribution is 2.11. The van der Waals surface area contributed by atoms with Gasteiger partial charge in [0.15, 0.2) is 19.0 Å². The monoisotopic (exact) mass is 306 g/mol. The molecule has 0 saturated heterocycles. The Morgan fingerprint density at radius 2 is 1.64 bits per heavy atom. The van der Waals surface area contributed by atoms with Crippen LogP contribution in [0.4, 0.5) is 8.78 Å². The van der Waals surface area contributed by atoms with Crippen LogP contribution in [0.25, 0.3) is 0 Å². The summed E-state index contributed by atoms with van der Waals surface area (Å²) >= 11 is 0. The van der Waals surface area contributed by atoms with Gasteiger partial charge in [-0.05, 0) is 36.4 Å². The van der Waals surface area contributed by atoms with E-state index in [0.29, 0.717) is 0 Å². The first-order chi connectivity index (χ1) is 10.5. The van der Waals surface area contributed by atoms with Gasteiger partial charge < -0.3 is 9.47 Å². The molecule has 2 rings (SSSR count). The summed E-state index contributed by atoms with van der Waals surface area (Å²) in [5.41, 5.74) is 0.236. The smallest absolute Gasteiger partial charge is 0.344 e. The molecular weight excluding hydrogens is 294 g/mol. The number of carbonyl (C=O) groups excluding carboxylic acids is 2. The fraction of sp³-hybridized carbons (Fsp3) is 0.125. The summed E-state index contributed by atoms with van der Waals surface area (Å²) < 4.78 is 35.4. The lowest BCUT2D eigenvalue weighted by molar-refractivity contribution is -0.144. The fourth-order valence-electron chi connectivity index (χ4n) is 1.61. The molecule has 0 N–H and O–H groups in total. The lowest BCUT2D eigenvalue weighted by atomic mass is 10.1. The highest BCUT2D eigenvalue weighted by Gasteiger charge is 2.11. The van der Waals surface area contributed by atoms with Gasteiger partial charge in [0.2, 0.25) is 0 Å². The van der Waals surface area contributed by atoms with Crippen LogP contribution in [0.1, 0.15) is 10.4 Å². The molecule has 0 spiro atoms. The van der Waals surface area contributed by atoms with Crippen molar-refractivity contribution in [3.05, 3.63) is 65.7 Å². The highest BCUT2D eigenvalue weighted by atomic mass is 19.1. The third-order valence-corrected chi connectivity index (χ3v) is 2.68. The van der Waals surface area contributed by atoms with Gasteiger partial charge in [0, 0.05) is 11.6 Å². The van der Waals surface area contributed by atoms with Crippen molar-refractivity contribution < 1.29 is 27.8 Å². The average Bonchev–Trinajstić information content (AvgIpc) is 2.51. The van der Waals surface area contributed by atoms with E-state index in [1.165, 1.54) is 30.3 Å². The highest BCUT2D eigenvalue weighted by molar-refractivity contribution is 5.97. The molecule has 0 aromatic heterocycles. The van der Waals surface area contributed by atoms with Crippen LogP contribution in [0.15, 0.2) is 48.5 Å². The van der Waals surface area contributed by atoms with Crippen LogP contribution in [0.3, 0.4) is 0 Å². The van der Waals surface area contributed by atoms with Gasteiger partial charge in [-0.2, -0.15) is 0 Å². The van der Waals surface area contributed by atoms with Crippen molar-refractivity contribution >= 4 is 11.8 Å². The normalized spacial score (nSPS) is 10.1. The molecule has 4 nitrogen and oxygen atoms in total. The number of Topliss-reactive ketones (excluding diaryl/α,β-unsaturated/α-hetero) is 1. The summed E-state index contributed by atoms with van der Waals surface area (Å²) in [6, 6.07) is 10.2. The molecular formula is C16H12F2O4. The SMILES string of the molecule is O=C(COc1cccc(F)c1)OCC(=O)c1ccc(F)cc1. The molecule has 0 atom stereocenters. The molecule has 2 aromatic rings. The summed E-state index contributed by atoms with van der Waals surface area (Å²) in [5, 5.41) is 0. The molecule has 22 heavy (non-hydrogen) atoms. The van der Waals surface area contributed by atoms with Gasteiger partial charge in [-0.3, -0.25) is 4.79 Å². The predicted octanol–water partition coefficient (Wildman–Crippen LogP) is 2.77. The molecule has 2 aromatic carbocycles. The zero-order chi connectivity index (χ0) is 15.9. The van der Waals surface area contributed by atoms with E-state index in [1.807, 2.05) is 0 Å². The third-order valence-electron chi connectivity index (χ3n) is 2.68. The van der Waals surface area contributed by atoms with Gasteiger partial charge in [0.05, 0.1) is 0 Å². The van der Waals surface area contributed by atoms with Crippen molar-refractivity contribution in [3.63, 3.8) is 0 Å². The van der Waals surface area contributed by atoms with E-state index in [2.05, 4.69) is 0 Å². The Balaban J connectivity index is 1.78. The van der Waals surface area contributed by atoms with E-state index >= 15 is 0 Å². The molecule has 0 radical (unpaired) electrons. The maximum absolute atomic E-state index is 12.9. The van der Waals surface area contributed by atoms with Gasteiger partial charge >= 0.3 is 5.97 Å². The van der Waals surface area contributed by atoms with Crippen LogP contribution >= 0.6 is 0 Å². The molecule has 0 aliphatic carbocycles. The molecule has 6 heteroatoms. The molecule has 0 bridgehead atoms. The average molecular weight is 306 g/mol. The fourth-order valence-corrected chi connectivity index (χ4v) is 1.61. The first-order valence-corrected chi connectivity index (χ1v) is 6.37. The van der Waals surface area contributed by atoms with E-state index < -0.39 is 36.6 Å². The Labute approximate surface area is 125 Å². The second kappa shape index (κ2) is 7.31. The number of halogens is 2. The van der Waals surface area contributed by atoms with E-state index in [9.17, 15) is 18.4 Å². The molecule has 0 aliphatic rings. The minimum atomic E-state index is -0.764. The second-order valence-corrected chi connectivity index (χ2v) is 4.34. The lowest BCUT2D eigenvalue weighted by Crippen LogP contribution is -2.19. The van der Waals surface area contributed by atoms with Crippen LogP contribution in [-0.4, -0.2) is 25.0 Å². The molecule has 0 heterocycles. The van der Waals surface area contributed by atoms with Gasteiger partial charge in [-0.1, -0.05) is 6.07 Å². The Bertz CT molecular complexity index is 668. The van der Waals surface area contributed by atoms with Gasteiger partial charge in [-0.15, -0.1) is 0 Å². The zero-order valence-corrected chi connectivity index (χ0v) is 11.4. The van der Waals surface area contributed by atoms with E-state index in [1.54, 1.807) is 0 Å². The zero-order valence-electron chi connectivity index (χ0n) is 11.4. The number of ether oxygens (including phenoxy) is 2. The summed E-state index contributed by atoms with van der Waals surface area (Å²) in [6.07, 6.45) is 0. The number of benzene rings is 2. The van der Waals surface area contributed by atoms with E-state index in [0.717, 1.165) is 18.2 Å². The summed E-state index contributed by atoms with van der Waals surface area (Å²) in [5.74, 6) is -1.99.